The average molecular weight is 322 g/mol. The van der Waals surface area contributed by atoms with Gasteiger partial charge in [0.2, 0.25) is 0 Å². The summed E-state index contributed by atoms with van der Waals surface area (Å²) in [5.74, 6) is 0. The Balaban J connectivity index is 2.29. The number of nitrogen functional groups attached to an aromatic ring is 1. The lowest BCUT2D eigenvalue weighted by Gasteiger charge is -2.10. The first-order chi connectivity index (χ1) is 8.97. The van der Waals surface area contributed by atoms with Crippen molar-refractivity contribution in [3.63, 3.8) is 0 Å². The molecule has 2 rings (SSSR count). The summed E-state index contributed by atoms with van der Waals surface area (Å²) in [6.07, 6.45) is 0. The van der Waals surface area contributed by atoms with Crippen LogP contribution in [0.4, 0.5) is 22.7 Å². The number of nitro groups is 1. The molecule has 98 valence electrons. The van der Waals surface area contributed by atoms with Crippen molar-refractivity contribution < 1.29 is 4.92 Å². The molecule has 0 aliphatic rings. The fraction of sp³-hybridized carbons (Fsp3) is 0.0769. The standard InChI is InChI=1S/C13H12BrN3O2/c1-8-2-4-12(10(14)6-8)16-9-3-5-13(17(18)19)11(15)7-9/h2-7,16H,15H2,1H3. The van der Waals surface area contributed by atoms with Gasteiger partial charge in [0.05, 0.1) is 10.6 Å². The first-order valence-electron chi connectivity index (χ1n) is 5.54. The van der Waals surface area contributed by atoms with Crippen molar-refractivity contribution in [3.05, 3.63) is 56.5 Å². The van der Waals surface area contributed by atoms with Crippen LogP contribution >= 0.6 is 15.9 Å². The minimum absolute atomic E-state index is 0.0893. The van der Waals surface area contributed by atoms with Crippen LogP contribution in [0.1, 0.15) is 5.56 Å². The molecule has 0 fully saturated rings. The zero-order valence-corrected chi connectivity index (χ0v) is 11.8. The molecule has 0 aromatic heterocycles. The number of nitrogens with zero attached hydrogens (tertiary/aromatic N) is 1. The maximum absolute atomic E-state index is 10.7. The summed E-state index contributed by atoms with van der Waals surface area (Å²) in [5, 5.41) is 13.8. The lowest BCUT2D eigenvalue weighted by Crippen LogP contribution is -1.98. The van der Waals surface area contributed by atoms with E-state index in [1.54, 1.807) is 12.1 Å². The molecule has 0 heterocycles. The van der Waals surface area contributed by atoms with Gasteiger partial charge in [-0.25, -0.2) is 0 Å². The SMILES string of the molecule is Cc1ccc(Nc2ccc([N+](=O)[O-])c(N)c2)c(Br)c1. The molecular weight excluding hydrogens is 310 g/mol. The van der Waals surface area contributed by atoms with E-state index in [9.17, 15) is 10.1 Å². The fourth-order valence-electron chi connectivity index (χ4n) is 1.68. The van der Waals surface area contributed by atoms with E-state index in [0.717, 1.165) is 15.7 Å². The highest BCUT2D eigenvalue weighted by Crippen LogP contribution is 2.30. The van der Waals surface area contributed by atoms with Crippen molar-refractivity contribution in [1.82, 2.24) is 0 Å². The lowest BCUT2D eigenvalue weighted by molar-refractivity contribution is -0.383. The van der Waals surface area contributed by atoms with Gasteiger partial charge in [-0.2, -0.15) is 0 Å². The van der Waals surface area contributed by atoms with Crippen LogP contribution in [0.3, 0.4) is 0 Å². The third kappa shape index (κ3) is 3.03. The van der Waals surface area contributed by atoms with Crippen molar-refractivity contribution in [3.8, 4) is 0 Å². The molecule has 19 heavy (non-hydrogen) atoms. The van der Waals surface area contributed by atoms with Crippen molar-refractivity contribution in [2.24, 2.45) is 0 Å². The van der Waals surface area contributed by atoms with E-state index in [4.69, 9.17) is 5.73 Å². The smallest absolute Gasteiger partial charge is 0.292 e. The Morgan fingerprint density at radius 2 is 2.00 bits per heavy atom. The van der Waals surface area contributed by atoms with Crippen molar-refractivity contribution in [1.29, 1.82) is 0 Å². The third-order valence-electron chi connectivity index (χ3n) is 2.63. The molecule has 0 saturated heterocycles. The Kier molecular flexibility index (Phi) is 3.71. The predicted molar refractivity (Wildman–Crippen MR) is 79.7 cm³/mol. The number of anilines is 3. The molecule has 3 N–H and O–H groups in total. The highest BCUT2D eigenvalue weighted by atomic mass is 79.9. The monoisotopic (exact) mass is 321 g/mol. The lowest BCUT2D eigenvalue weighted by atomic mass is 10.2. The third-order valence-corrected chi connectivity index (χ3v) is 3.28. The van der Waals surface area contributed by atoms with Gasteiger partial charge in [0.1, 0.15) is 5.69 Å². The van der Waals surface area contributed by atoms with Crippen LogP contribution in [0.2, 0.25) is 0 Å². The Hall–Kier alpha value is -2.08. The molecule has 0 aliphatic carbocycles. The average Bonchev–Trinajstić information content (AvgIpc) is 2.32. The van der Waals surface area contributed by atoms with E-state index in [2.05, 4.69) is 21.2 Å². The second kappa shape index (κ2) is 5.27. The van der Waals surface area contributed by atoms with Gasteiger partial charge in [0.15, 0.2) is 0 Å². The molecule has 0 radical (unpaired) electrons. The molecule has 0 atom stereocenters. The van der Waals surface area contributed by atoms with Crippen molar-refractivity contribution in [2.45, 2.75) is 6.92 Å². The first-order valence-corrected chi connectivity index (χ1v) is 6.34. The summed E-state index contributed by atoms with van der Waals surface area (Å²) in [6, 6.07) is 10.4. The normalized spacial score (nSPS) is 10.2. The minimum Gasteiger partial charge on any atom is -0.393 e. The van der Waals surface area contributed by atoms with E-state index in [1.807, 2.05) is 25.1 Å². The van der Waals surface area contributed by atoms with Crippen LogP contribution in [0.15, 0.2) is 40.9 Å². The molecule has 0 aliphatic heterocycles. The van der Waals surface area contributed by atoms with Crippen LogP contribution in [0.5, 0.6) is 0 Å². The molecular formula is C13H12BrN3O2. The van der Waals surface area contributed by atoms with Crippen molar-refractivity contribution >= 4 is 38.7 Å². The second-order valence-electron chi connectivity index (χ2n) is 4.14. The van der Waals surface area contributed by atoms with Gasteiger partial charge in [-0.15, -0.1) is 0 Å². The number of aryl methyl sites for hydroxylation is 1. The molecule has 2 aromatic rings. The van der Waals surface area contributed by atoms with E-state index in [0.29, 0.717) is 5.69 Å². The quantitative estimate of drug-likeness (QED) is 0.508. The first kappa shape index (κ1) is 13.4. The minimum atomic E-state index is -0.499. The molecule has 0 unspecified atom stereocenters. The Morgan fingerprint density at radius 3 is 2.58 bits per heavy atom. The summed E-state index contributed by atoms with van der Waals surface area (Å²) < 4.78 is 0.921. The second-order valence-corrected chi connectivity index (χ2v) is 4.99. The maximum atomic E-state index is 10.7. The number of benzene rings is 2. The van der Waals surface area contributed by atoms with E-state index in [1.165, 1.54) is 6.07 Å². The maximum Gasteiger partial charge on any atom is 0.292 e. The van der Waals surface area contributed by atoms with Crippen LogP contribution in [0.25, 0.3) is 0 Å². The van der Waals surface area contributed by atoms with Gasteiger partial charge in [0, 0.05) is 16.2 Å². The molecule has 0 saturated carbocycles. The van der Waals surface area contributed by atoms with Gasteiger partial charge in [-0.1, -0.05) is 6.07 Å². The predicted octanol–water partition coefficient (Wildman–Crippen LogP) is 3.99. The Bertz CT molecular complexity index is 644. The zero-order chi connectivity index (χ0) is 14.0. The Labute approximate surface area is 118 Å². The van der Waals surface area contributed by atoms with Gasteiger partial charge in [-0.3, -0.25) is 10.1 Å². The topological polar surface area (TPSA) is 81.2 Å². The molecule has 5 nitrogen and oxygen atoms in total. The van der Waals surface area contributed by atoms with Crippen LogP contribution in [0, 0.1) is 17.0 Å². The number of hydrogen-bond acceptors (Lipinski definition) is 4. The number of rotatable bonds is 3. The number of nitrogens with two attached hydrogens (primary N) is 1. The highest BCUT2D eigenvalue weighted by Gasteiger charge is 2.11. The molecule has 0 bridgehead atoms. The highest BCUT2D eigenvalue weighted by molar-refractivity contribution is 9.10. The number of nitrogens with one attached hydrogen (secondary N) is 1. The largest absolute Gasteiger partial charge is 0.393 e. The molecule has 2 aromatic carbocycles. The van der Waals surface area contributed by atoms with E-state index < -0.39 is 4.92 Å². The van der Waals surface area contributed by atoms with E-state index >= 15 is 0 Å². The van der Waals surface area contributed by atoms with Crippen LogP contribution < -0.4 is 11.1 Å². The zero-order valence-electron chi connectivity index (χ0n) is 10.2. The van der Waals surface area contributed by atoms with Crippen molar-refractivity contribution in [2.75, 3.05) is 11.1 Å². The van der Waals surface area contributed by atoms with Gasteiger partial charge >= 0.3 is 0 Å². The number of hydrogen-bond donors (Lipinski definition) is 2. The van der Waals surface area contributed by atoms with Crippen LogP contribution in [-0.2, 0) is 0 Å². The van der Waals surface area contributed by atoms with Gasteiger partial charge < -0.3 is 11.1 Å². The summed E-state index contributed by atoms with van der Waals surface area (Å²) in [4.78, 5) is 10.2. The summed E-state index contributed by atoms with van der Waals surface area (Å²) >= 11 is 3.46. The summed E-state index contributed by atoms with van der Waals surface area (Å²) in [7, 11) is 0. The summed E-state index contributed by atoms with van der Waals surface area (Å²) in [5.41, 5.74) is 8.41. The molecule has 0 amide bonds. The van der Waals surface area contributed by atoms with Gasteiger partial charge in [-0.05, 0) is 52.7 Å². The number of nitro benzene ring substituents is 1. The molecule has 6 heteroatoms. The summed E-state index contributed by atoms with van der Waals surface area (Å²) in [6.45, 7) is 2.00. The Morgan fingerprint density at radius 1 is 1.26 bits per heavy atom. The van der Waals surface area contributed by atoms with Crippen LogP contribution in [-0.4, -0.2) is 4.92 Å². The van der Waals surface area contributed by atoms with Gasteiger partial charge in [0.25, 0.3) is 5.69 Å². The number of halogens is 1. The fourth-order valence-corrected chi connectivity index (χ4v) is 2.27. The molecule has 0 spiro atoms. The van der Waals surface area contributed by atoms with E-state index in [-0.39, 0.29) is 11.4 Å².